The Balaban J connectivity index is 0.000000484. The number of allylic oxidation sites excluding steroid dienone is 2. The maximum absolute atomic E-state index is 11.6. The van der Waals surface area contributed by atoms with Crippen molar-refractivity contribution in [2.75, 3.05) is 53.5 Å². The monoisotopic (exact) mass is 440 g/mol. The van der Waals surface area contributed by atoms with E-state index in [1.54, 1.807) is 6.08 Å². The van der Waals surface area contributed by atoms with Crippen LogP contribution in [0.25, 0.3) is 0 Å². The lowest BCUT2D eigenvalue weighted by Crippen LogP contribution is -2.34. The molecule has 0 aromatic rings. The zero-order valence-electron chi connectivity index (χ0n) is 20.4. The summed E-state index contributed by atoms with van der Waals surface area (Å²) in [6.07, 6.45) is 7.19. The van der Waals surface area contributed by atoms with E-state index in [1.165, 1.54) is 5.57 Å². The highest BCUT2D eigenvalue weighted by molar-refractivity contribution is 5.72. The SMILES string of the molecule is CC(C)=CCO.CC(C)=CCOC(=O)C1CCN(C)CC1.CN1CCC(C(=O)O)CC1. The molecule has 180 valence electrons. The number of likely N-dealkylation sites (tertiary alicyclic amines) is 2. The minimum absolute atomic E-state index is 0.0272. The van der Waals surface area contributed by atoms with Gasteiger partial charge in [-0.25, -0.2) is 0 Å². The molecule has 2 saturated heterocycles. The molecule has 0 aromatic heterocycles. The number of carboxylic acid groups (broad SMARTS) is 1. The van der Waals surface area contributed by atoms with E-state index in [9.17, 15) is 9.59 Å². The molecule has 0 atom stereocenters. The van der Waals surface area contributed by atoms with Gasteiger partial charge in [-0.1, -0.05) is 17.2 Å². The lowest BCUT2D eigenvalue weighted by atomic mass is 9.97. The van der Waals surface area contributed by atoms with Gasteiger partial charge in [0.15, 0.2) is 0 Å². The van der Waals surface area contributed by atoms with Gasteiger partial charge in [0.05, 0.1) is 18.4 Å². The molecule has 2 heterocycles. The molecule has 0 radical (unpaired) electrons. The number of aliphatic hydroxyl groups is 1. The van der Waals surface area contributed by atoms with Gasteiger partial charge >= 0.3 is 11.9 Å². The second kappa shape index (κ2) is 16.9. The minimum atomic E-state index is -0.631. The summed E-state index contributed by atoms with van der Waals surface area (Å²) in [6.45, 7) is 12.4. The van der Waals surface area contributed by atoms with Gasteiger partial charge in [-0.05, 0) is 99.7 Å². The summed E-state index contributed by atoms with van der Waals surface area (Å²) in [4.78, 5) is 26.5. The van der Waals surface area contributed by atoms with Crippen LogP contribution in [0.4, 0.5) is 0 Å². The Kier molecular flexibility index (Phi) is 16.0. The number of carbonyl (C=O) groups is 2. The highest BCUT2D eigenvalue weighted by Gasteiger charge is 2.24. The Morgan fingerprint density at radius 2 is 1.26 bits per heavy atom. The summed E-state index contributed by atoms with van der Waals surface area (Å²) in [5.74, 6) is -0.628. The second-order valence-corrected chi connectivity index (χ2v) is 8.87. The molecule has 0 aromatic carbocycles. The third kappa shape index (κ3) is 15.7. The fourth-order valence-corrected chi connectivity index (χ4v) is 3.09. The van der Waals surface area contributed by atoms with Crippen molar-refractivity contribution in [1.29, 1.82) is 0 Å². The molecule has 0 unspecified atom stereocenters. The standard InChI is InChI=1S/C12H21NO2.C7H13NO2.C5H10O/c1-10(2)6-9-15-12(14)11-4-7-13(3)8-5-11;1-8-4-2-6(3-5-8)7(9)10;1-5(2)3-4-6/h6,11H,4-5,7-9H2,1-3H3;6H,2-5H2,1H3,(H,9,10);3,6H,4H2,1-2H3. The predicted molar refractivity (Wildman–Crippen MR) is 125 cm³/mol. The van der Waals surface area contributed by atoms with Crippen LogP contribution in [-0.2, 0) is 14.3 Å². The smallest absolute Gasteiger partial charge is 0.309 e. The molecule has 2 aliphatic rings. The van der Waals surface area contributed by atoms with Gasteiger partial charge in [0.1, 0.15) is 6.61 Å². The maximum atomic E-state index is 11.6. The number of nitrogens with zero attached hydrogens (tertiary/aromatic N) is 2. The average Bonchev–Trinajstić information content (AvgIpc) is 2.69. The molecular formula is C24H44N2O5. The molecule has 0 saturated carbocycles. The van der Waals surface area contributed by atoms with Crippen molar-refractivity contribution in [2.45, 2.75) is 53.4 Å². The summed E-state index contributed by atoms with van der Waals surface area (Å²) in [5.41, 5.74) is 2.35. The highest BCUT2D eigenvalue weighted by atomic mass is 16.5. The lowest BCUT2D eigenvalue weighted by molar-refractivity contribution is -0.148. The normalized spacial score (nSPS) is 17.9. The van der Waals surface area contributed by atoms with Crippen LogP contribution in [0.15, 0.2) is 23.3 Å². The molecule has 7 nitrogen and oxygen atoms in total. The van der Waals surface area contributed by atoms with E-state index in [-0.39, 0.29) is 24.4 Å². The topological polar surface area (TPSA) is 90.3 Å². The van der Waals surface area contributed by atoms with Gasteiger partial charge in [-0.2, -0.15) is 0 Å². The number of ether oxygens (including phenoxy) is 1. The predicted octanol–water partition coefficient (Wildman–Crippen LogP) is 3.20. The first-order valence-corrected chi connectivity index (χ1v) is 11.2. The van der Waals surface area contributed by atoms with Crippen molar-refractivity contribution in [3.63, 3.8) is 0 Å². The third-order valence-corrected chi connectivity index (χ3v) is 5.34. The number of rotatable bonds is 5. The van der Waals surface area contributed by atoms with Crippen LogP contribution in [-0.4, -0.2) is 85.4 Å². The van der Waals surface area contributed by atoms with E-state index < -0.39 is 5.97 Å². The number of hydrogen-bond donors (Lipinski definition) is 2. The van der Waals surface area contributed by atoms with Gasteiger partial charge in [0, 0.05) is 0 Å². The molecule has 7 heteroatoms. The minimum Gasteiger partial charge on any atom is -0.481 e. The Morgan fingerprint density at radius 3 is 1.58 bits per heavy atom. The molecule has 0 amide bonds. The molecular weight excluding hydrogens is 396 g/mol. The van der Waals surface area contributed by atoms with Gasteiger partial charge in [0.25, 0.3) is 0 Å². The van der Waals surface area contributed by atoms with Gasteiger partial charge in [-0.3, -0.25) is 9.59 Å². The molecule has 31 heavy (non-hydrogen) atoms. The fourth-order valence-electron chi connectivity index (χ4n) is 3.09. The Labute approximate surface area is 188 Å². The van der Waals surface area contributed by atoms with E-state index in [0.717, 1.165) is 57.4 Å². The highest BCUT2D eigenvalue weighted by Crippen LogP contribution is 2.17. The first-order chi connectivity index (χ1) is 14.6. The van der Waals surface area contributed by atoms with E-state index in [1.807, 2.05) is 40.8 Å². The number of piperidine rings is 2. The average molecular weight is 441 g/mol. The van der Waals surface area contributed by atoms with Gasteiger partial charge in [-0.15, -0.1) is 0 Å². The molecule has 0 spiro atoms. The van der Waals surface area contributed by atoms with Crippen LogP contribution in [0.2, 0.25) is 0 Å². The van der Waals surface area contributed by atoms with E-state index in [0.29, 0.717) is 6.61 Å². The second-order valence-electron chi connectivity index (χ2n) is 8.87. The number of hydrogen-bond acceptors (Lipinski definition) is 6. The van der Waals surface area contributed by atoms with Crippen molar-refractivity contribution in [3.8, 4) is 0 Å². The fraction of sp³-hybridized carbons (Fsp3) is 0.750. The maximum Gasteiger partial charge on any atom is 0.309 e. The van der Waals surface area contributed by atoms with Crippen molar-refractivity contribution < 1.29 is 24.5 Å². The molecule has 2 fully saturated rings. The quantitative estimate of drug-likeness (QED) is 0.501. The number of esters is 1. The number of carboxylic acids is 1. The number of aliphatic carboxylic acids is 1. The first-order valence-electron chi connectivity index (χ1n) is 11.2. The van der Waals surface area contributed by atoms with Crippen molar-refractivity contribution in [3.05, 3.63) is 23.3 Å². The number of carbonyl (C=O) groups excluding carboxylic acids is 1. The Bertz CT molecular complexity index is 565. The van der Waals surface area contributed by atoms with Gasteiger partial charge in [0.2, 0.25) is 0 Å². The summed E-state index contributed by atoms with van der Waals surface area (Å²) in [5, 5.41) is 16.8. The summed E-state index contributed by atoms with van der Waals surface area (Å²) >= 11 is 0. The van der Waals surface area contributed by atoms with E-state index in [2.05, 4.69) is 16.8 Å². The lowest BCUT2D eigenvalue weighted by Gasteiger charge is -2.27. The van der Waals surface area contributed by atoms with E-state index >= 15 is 0 Å². The van der Waals surface area contributed by atoms with Gasteiger partial charge < -0.3 is 24.7 Å². The van der Waals surface area contributed by atoms with Crippen LogP contribution in [0.1, 0.15) is 53.4 Å². The largest absolute Gasteiger partial charge is 0.481 e. The molecule has 2 rings (SSSR count). The van der Waals surface area contributed by atoms with Crippen molar-refractivity contribution in [2.24, 2.45) is 11.8 Å². The Morgan fingerprint density at radius 1 is 0.839 bits per heavy atom. The number of aliphatic hydroxyl groups excluding tert-OH is 1. The molecule has 2 aliphatic heterocycles. The van der Waals surface area contributed by atoms with Crippen molar-refractivity contribution >= 4 is 11.9 Å². The van der Waals surface area contributed by atoms with Crippen LogP contribution in [0.3, 0.4) is 0 Å². The summed E-state index contributed by atoms with van der Waals surface area (Å²) in [6, 6.07) is 0. The van der Waals surface area contributed by atoms with Crippen LogP contribution in [0, 0.1) is 11.8 Å². The first kappa shape index (κ1) is 29.3. The Hall–Kier alpha value is -1.70. The molecule has 0 aliphatic carbocycles. The third-order valence-electron chi connectivity index (χ3n) is 5.34. The summed E-state index contributed by atoms with van der Waals surface area (Å²) < 4.78 is 5.19. The molecule has 2 N–H and O–H groups in total. The van der Waals surface area contributed by atoms with Crippen LogP contribution in [0.5, 0.6) is 0 Å². The van der Waals surface area contributed by atoms with Crippen LogP contribution >= 0.6 is 0 Å². The molecule has 0 bridgehead atoms. The van der Waals surface area contributed by atoms with E-state index in [4.69, 9.17) is 14.9 Å². The zero-order valence-corrected chi connectivity index (χ0v) is 20.4. The summed E-state index contributed by atoms with van der Waals surface area (Å²) in [7, 11) is 4.11. The van der Waals surface area contributed by atoms with Crippen LogP contribution < -0.4 is 0 Å². The van der Waals surface area contributed by atoms with Crippen molar-refractivity contribution in [1.82, 2.24) is 9.80 Å². The zero-order chi connectivity index (χ0) is 23.8.